The predicted molar refractivity (Wildman–Crippen MR) is 157 cm³/mol. The van der Waals surface area contributed by atoms with Gasteiger partial charge < -0.3 is 9.47 Å². The van der Waals surface area contributed by atoms with Gasteiger partial charge in [0.15, 0.2) is 5.78 Å². The van der Waals surface area contributed by atoms with Gasteiger partial charge in [0.2, 0.25) is 0 Å². The number of hydrogen-bond acceptors (Lipinski definition) is 7. The van der Waals surface area contributed by atoms with Crippen LogP contribution >= 0.6 is 0 Å². The highest BCUT2D eigenvalue weighted by atomic mass is 32.2. The fraction of sp³-hybridized carbons (Fsp3) is 0.300. The first-order chi connectivity index (χ1) is 19.4. The largest absolute Gasteiger partial charge is 0.494 e. The summed E-state index contributed by atoms with van der Waals surface area (Å²) >= 11 is 0. The van der Waals surface area contributed by atoms with Crippen molar-refractivity contribution in [3.05, 3.63) is 78.0 Å². The Morgan fingerprint density at radius 1 is 0.805 bits per heavy atom. The number of aromatic nitrogens is 1. The number of nitrogens with one attached hydrogen (secondary N) is 1. The molecule has 1 N–H and O–H groups in total. The van der Waals surface area contributed by atoms with Crippen LogP contribution in [-0.4, -0.2) is 39.8 Å². The van der Waals surface area contributed by atoms with E-state index in [1.807, 2.05) is 27.7 Å². The molecule has 3 aromatic carbocycles. The van der Waals surface area contributed by atoms with Crippen molar-refractivity contribution in [1.29, 1.82) is 0 Å². The fourth-order valence-electron chi connectivity index (χ4n) is 5.24. The number of carbonyl (C=O) groups excluding carboxylic acids is 1. The van der Waals surface area contributed by atoms with E-state index >= 15 is 0 Å². The van der Waals surface area contributed by atoms with E-state index in [1.165, 1.54) is 46.4 Å². The summed E-state index contributed by atoms with van der Waals surface area (Å²) < 4.78 is 69.0. The molecule has 0 radical (unpaired) electrons. The quantitative estimate of drug-likeness (QED) is 0.266. The molecule has 5 rings (SSSR count). The van der Waals surface area contributed by atoms with Gasteiger partial charge in [0, 0.05) is 28.8 Å². The van der Waals surface area contributed by atoms with Crippen molar-refractivity contribution in [2.75, 3.05) is 17.9 Å². The van der Waals surface area contributed by atoms with Crippen LogP contribution in [0.1, 0.15) is 50.2 Å². The van der Waals surface area contributed by atoms with E-state index in [-0.39, 0.29) is 27.7 Å². The summed E-state index contributed by atoms with van der Waals surface area (Å²) in [4.78, 5) is 13.5. The summed E-state index contributed by atoms with van der Waals surface area (Å²) in [5.74, 6) is 0.913. The first-order valence-corrected chi connectivity index (χ1v) is 16.2. The van der Waals surface area contributed by atoms with Gasteiger partial charge in [-0.05, 0) is 92.4 Å². The van der Waals surface area contributed by atoms with Crippen LogP contribution in [0, 0.1) is 5.41 Å². The van der Waals surface area contributed by atoms with Crippen molar-refractivity contribution in [3.8, 4) is 11.5 Å². The van der Waals surface area contributed by atoms with Crippen LogP contribution in [0.5, 0.6) is 11.5 Å². The van der Waals surface area contributed by atoms with Crippen LogP contribution in [0.3, 0.4) is 0 Å². The van der Waals surface area contributed by atoms with E-state index in [4.69, 9.17) is 9.47 Å². The maximum absolute atomic E-state index is 14.0. The Labute approximate surface area is 240 Å². The highest BCUT2D eigenvalue weighted by Gasteiger charge is 2.38. The van der Waals surface area contributed by atoms with Crippen LogP contribution in [0.2, 0.25) is 0 Å². The Balaban J connectivity index is 1.62. The van der Waals surface area contributed by atoms with Crippen molar-refractivity contribution < 1.29 is 31.1 Å². The van der Waals surface area contributed by atoms with E-state index in [0.717, 1.165) is 0 Å². The van der Waals surface area contributed by atoms with Gasteiger partial charge in [-0.15, -0.1) is 0 Å². The molecule has 0 saturated heterocycles. The number of nitrogens with zero attached hydrogens (tertiary/aromatic N) is 1. The van der Waals surface area contributed by atoms with Gasteiger partial charge in [-0.3, -0.25) is 9.52 Å². The van der Waals surface area contributed by atoms with Crippen LogP contribution in [0.15, 0.2) is 76.5 Å². The molecule has 0 spiro atoms. The normalized spacial score (nSPS) is 15.0. The van der Waals surface area contributed by atoms with Crippen molar-refractivity contribution in [2.45, 2.75) is 50.3 Å². The van der Waals surface area contributed by atoms with Gasteiger partial charge in [0.25, 0.3) is 20.0 Å². The molecule has 0 atom stereocenters. The van der Waals surface area contributed by atoms with Crippen LogP contribution in [-0.2, 0) is 26.5 Å². The molecule has 41 heavy (non-hydrogen) atoms. The summed E-state index contributed by atoms with van der Waals surface area (Å²) in [6.07, 6.45) is 0.594. The third-order valence-electron chi connectivity index (χ3n) is 6.95. The highest BCUT2D eigenvalue weighted by Crippen LogP contribution is 2.42. The third-order valence-corrected chi connectivity index (χ3v) is 10.1. The number of sulfonamides is 1. The molecule has 11 heteroatoms. The average Bonchev–Trinajstić information content (AvgIpc) is 3.22. The summed E-state index contributed by atoms with van der Waals surface area (Å²) in [5.41, 5.74) is 0.752. The topological polar surface area (TPSA) is 121 Å². The smallest absolute Gasteiger partial charge is 0.268 e. The van der Waals surface area contributed by atoms with E-state index in [1.54, 1.807) is 24.3 Å². The number of Topliss-reactive ketones (excluding diaryl/α,β-unsaturated/α-hetero) is 1. The second-order valence-electron chi connectivity index (χ2n) is 10.7. The minimum absolute atomic E-state index is 0.0385. The molecule has 1 aliphatic rings. The number of ketones is 1. The maximum Gasteiger partial charge on any atom is 0.268 e. The molecule has 0 fully saturated rings. The molecule has 0 unspecified atom stereocenters. The van der Waals surface area contributed by atoms with Gasteiger partial charge in [-0.25, -0.2) is 20.8 Å². The second-order valence-corrected chi connectivity index (χ2v) is 14.1. The van der Waals surface area contributed by atoms with E-state index < -0.39 is 25.5 Å². The molecule has 0 aliphatic heterocycles. The van der Waals surface area contributed by atoms with Crippen LogP contribution < -0.4 is 14.2 Å². The molecule has 4 aromatic rings. The zero-order valence-corrected chi connectivity index (χ0v) is 24.9. The Morgan fingerprint density at radius 3 is 1.93 bits per heavy atom. The van der Waals surface area contributed by atoms with Gasteiger partial charge in [-0.2, -0.15) is 0 Å². The number of ether oxygens (including phenoxy) is 2. The molecule has 9 nitrogen and oxygen atoms in total. The summed E-state index contributed by atoms with van der Waals surface area (Å²) in [7, 11) is -8.08. The molecule has 0 amide bonds. The Morgan fingerprint density at radius 2 is 1.37 bits per heavy atom. The molecule has 0 saturated carbocycles. The van der Waals surface area contributed by atoms with Crippen LogP contribution in [0.25, 0.3) is 10.9 Å². The number of fused-ring (bicyclic) bond motifs is 3. The van der Waals surface area contributed by atoms with E-state index in [0.29, 0.717) is 53.3 Å². The first kappa shape index (κ1) is 28.7. The van der Waals surface area contributed by atoms with Gasteiger partial charge in [0.1, 0.15) is 11.5 Å². The zero-order valence-electron chi connectivity index (χ0n) is 23.3. The lowest BCUT2D eigenvalue weighted by molar-refractivity contribution is 0.0913. The van der Waals surface area contributed by atoms with Gasteiger partial charge in [0.05, 0.1) is 28.5 Å². The Bertz CT molecular complexity index is 1840. The molecule has 1 heterocycles. The number of anilines is 1. The van der Waals surface area contributed by atoms with Gasteiger partial charge >= 0.3 is 0 Å². The molecular formula is C30H32N2O7S2. The predicted octanol–water partition coefficient (Wildman–Crippen LogP) is 5.63. The molecule has 1 aromatic heterocycles. The lowest BCUT2D eigenvalue weighted by Gasteiger charge is -2.29. The minimum atomic E-state index is -4.11. The second kappa shape index (κ2) is 10.5. The number of benzene rings is 3. The number of hydrogen-bond donors (Lipinski definition) is 1. The monoisotopic (exact) mass is 596 g/mol. The van der Waals surface area contributed by atoms with Crippen molar-refractivity contribution in [1.82, 2.24) is 3.97 Å². The van der Waals surface area contributed by atoms with E-state index in [9.17, 15) is 21.6 Å². The zero-order chi connectivity index (χ0) is 29.6. The Hall–Kier alpha value is -3.83. The molecular weight excluding hydrogens is 564 g/mol. The minimum Gasteiger partial charge on any atom is -0.494 e. The lowest BCUT2D eigenvalue weighted by Crippen LogP contribution is -2.29. The SMILES string of the molecule is CCOc1ccc(S(=O)(=O)Nc2ccc3c(c2)c2c(n3S(=O)(=O)c3ccc(OCC)cc3)CC(C)(C)CC2=O)cc1. The van der Waals surface area contributed by atoms with Crippen LogP contribution in [0.4, 0.5) is 5.69 Å². The average molecular weight is 597 g/mol. The highest BCUT2D eigenvalue weighted by molar-refractivity contribution is 7.92. The molecule has 216 valence electrons. The summed E-state index contributed by atoms with van der Waals surface area (Å²) in [5, 5.41) is 0.377. The van der Waals surface area contributed by atoms with E-state index in [2.05, 4.69) is 4.72 Å². The maximum atomic E-state index is 14.0. The number of rotatable bonds is 9. The lowest BCUT2D eigenvalue weighted by atomic mass is 9.76. The summed E-state index contributed by atoms with van der Waals surface area (Å²) in [6, 6.07) is 16.7. The van der Waals surface area contributed by atoms with Crippen molar-refractivity contribution in [2.24, 2.45) is 5.41 Å². The standard InChI is InChI=1S/C30H32N2O7S2/c1-5-38-21-8-12-23(13-9-21)40(34,35)31-20-7-16-26-25(17-20)29-27(18-30(3,4)19-28(29)33)32(26)41(36,37)24-14-10-22(11-15-24)39-6-2/h7-17,31H,5-6,18-19H2,1-4H3. The van der Waals surface area contributed by atoms with Crippen molar-refractivity contribution >= 4 is 42.4 Å². The molecule has 0 bridgehead atoms. The third kappa shape index (κ3) is 5.43. The first-order valence-electron chi connectivity index (χ1n) is 13.3. The summed E-state index contributed by atoms with van der Waals surface area (Å²) in [6.45, 7) is 8.44. The van der Waals surface area contributed by atoms with Crippen molar-refractivity contribution in [3.63, 3.8) is 0 Å². The molecule has 1 aliphatic carbocycles. The Kier molecular flexibility index (Phi) is 7.37. The fourth-order valence-corrected chi connectivity index (χ4v) is 7.84. The van der Waals surface area contributed by atoms with Gasteiger partial charge in [-0.1, -0.05) is 13.8 Å². The number of carbonyl (C=O) groups is 1.